The minimum atomic E-state index is -0.635. The maximum atomic E-state index is 13.0. The molecule has 31 heavy (non-hydrogen) atoms. The number of aliphatic imine (C=N–C) groups is 1. The molecule has 1 fully saturated rings. The van der Waals surface area contributed by atoms with E-state index in [1.807, 2.05) is 78.9 Å². The SMILES string of the molecule is COC(=O)C(N=C(c1ccccc1)c1ccccc1)C(C)C(=C1CC1)c1ccccc1. The molecule has 4 rings (SSSR count). The summed E-state index contributed by atoms with van der Waals surface area (Å²) in [5.41, 5.74) is 6.55. The summed E-state index contributed by atoms with van der Waals surface area (Å²) in [4.78, 5) is 18.0. The first-order chi connectivity index (χ1) is 15.2. The van der Waals surface area contributed by atoms with Crippen molar-refractivity contribution in [3.05, 3.63) is 113 Å². The van der Waals surface area contributed by atoms with E-state index in [0.29, 0.717) is 0 Å². The highest BCUT2D eigenvalue weighted by atomic mass is 16.5. The first-order valence-electron chi connectivity index (χ1n) is 10.7. The van der Waals surface area contributed by atoms with Crippen molar-refractivity contribution >= 4 is 17.3 Å². The van der Waals surface area contributed by atoms with E-state index < -0.39 is 6.04 Å². The Morgan fingerprint density at radius 2 is 1.23 bits per heavy atom. The monoisotopic (exact) mass is 409 g/mol. The number of hydrogen-bond acceptors (Lipinski definition) is 3. The Morgan fingerprint density at radius 3 is 1.65 bits per heavy atom. The van der Waals surface area contributed by atoms with E-state index in [9.17, 15) is 4.79 Å². The number of ether oxygens (including phenoxy) is 1. The maximum absolute atomic E-state index is 13.0. The minimum absolute atomic E-state index is 0.102. The van der Waals surface area contributed by atoms with Crippen molar-refractivity contribution in [2.24, 2.45) is 10.9 Å². The van der Waals surface area contributed by atoms with E-state index >= 15 is 0 Å². The number of esters is 1. The first kappa shape index (κ1) is 20.8. The van der Waals surface area contributed by atoms with Crippen molar-refractivity contribution in [1.82, 2.24) is 0 Å². The lowest BCUT2D eigenvalue weighted by Crippen LogP contribution is -2.30. The Labute approximate surface area is 184 Å². The number of rotatable bonds is 7. The van der Waals surface area contributed by atoms with Crippen molar-refractivity contribution in [3.8, 4) is 0 Å². The van der Waals surface area contributed by atoms with Gasteiger partial charge in [-0.1, -0.05) is 103 Å². The second-order valence-corrected chi connectivity index (χ2v) is 7.85. The highest BCUT2D eigenvalue weighted by Crippen LogP contribution is 2.42. The number of carbonyl (C=O) groups excluding carboxylic acids is 1. The molecule has 0 saturated heterocycles. The van der Waals surface area contributed by atoms with E-state index in [1.54, 1.807) is 0 Å². The number of methoxy groups -OCH3 is 1. The molecule has 0 bridgehead atoms. The minimum Gasteiger partial charge on any atom is -0.467 e. The van der Waals surface area contributed by atoms with Crippen LogP contribution in [0.2, 0.25) is 0 Å². The third kappa shape index (κ3) is 4.83. The molecule has 3 aromatic carbocycles. The van der Waals surface area contributed by atoms with Crippen LogP contribution < -0.4 is 0 Å². The van der Waals surface area contributed by atoms with Crippen LogP contribution in [-0.4, -0.2) is 24.8 Å². The molecule has 1 saturated carbocycles. The molecule has 3 heteroatoms. The molecule has 3 nitrogen and oxygen atoms in total. The predicted molar refractivity (Wildman–Crippen MR) is 126 cm³/mol. The molecule has 1 aliphatic rings. The summed E-state index contributed by atoms with van der Waals surface area (Å²) in [6.07, 6.45) is 2.16. The lowest BCUT2D eigenvalue weighted by Gasteiger charge is -2.23. The molecule has 0 N–H and O–H groups in total. The van der Waals surface area contributed by atoms with Crippen LogP contribution in [0.15, 0.2) is 102 Å². The Balaban J connectivity index is 1.82. The van der Waals surface area contributed by atoms with Gasteiger partial charge in [-0.3, -0.25) is 4.99 Å². The van der Waals surface area contributed by atoms with Crippen LogP contribution in [0.3, 0.4) is 0 Å². The molecule has 2 unspecified atom stereocenters. The fourth-order valence-corrected chi connectivity index (χ4v) is 4.03. The summed E-state index contributed by atoms with van der Waals surface area (Å²) in [6.45, 7) is 2.09. The van der Waals surface area contributed by atoms with Crippen LogP contribution in [-0.2, 0) is 9.53 Å². The molecule has 0 radical (unpaired) electrons. The summed E-state index contributed by atoms with van der Waals surface area (Å²) in [6, 6.07) is 29.8. The largest absolute Gasteiger partial charge is 0.467 e. The van der Waals surface area contributed by atoms with Gasteiger partial charge in [0, 0.05) is 17.0 Å². The van der Waals surface area contributed by atoms with Gasteiger partial charge in [-0.05, 0) is 24.0 Å². The van der Waals surface area contributed by atoms with Crippen molar-refractivity contribution in [2.45, 2.75) is 25.8 Å². The van der Waals surface area contributed by atoms with E-state index in [1.165, 1.54) is 18.3 Å². The highest BCUT2D eigenvalue weighted by Gasteiger charge is 2.33. The predicted octanol–water partition coefficient (Wildman–Crippen LogP) is 5.95. The third-order valence-corrected chi connectivity index (χ3v) is 5.70. The van der Waals surface area contributed by atoms with Crippen molar-refractivity contribution < 1.29 is 9.53 Å². The maximum Gasteiger partial charge on any atom is 0.331 e. The van der Waals surface area contributed by atoms with Crippen LogP contribution >= 0.6 is 0 Å². The zero-order valence-electron chi connectivity index (χ0n) is 18.0. The summed E-state index contributed by atoms with van der Waals surface area (Å²) >= 11 is 0. The lowest BCUT2D eigenvalue weighted by atomic mass is 9.87. The van der Waals surface area contributed by atoms with Crippen LogP contribution in [0, 0.1) is 5.92 Å². The van der Waals surface area contributed by atoms with Crippen molar-refractivity contribution in [3.63, 3.8) is 0 Å². The number of nitrogens with zero attached hydrogens (tertiary/aromatic N) is 1. The highest BCUT2D eigenvalue weighted by molar-refractivity contribution is 6.13. The molecule has 1 aliphatic carbocycles. The molecular weight excluding hydrogens is 382 g/mol. The van der Waals surface area contributed by atoms with Gasteiger partial charge in [0.25, 0.3) is 0 Å². The van der Waals surface area contributed by atoms with Crippen LogP contribution in [0.25, 0.3) is 5.57 Å². The van der Waals surface area contributed by atoms with Crippen molar-refractivity contribution in [1.29, 1.82) is 0 Å². The van der Waals surface area contributed by atoms with Crippen molar-refractivity contribution in [2.75, 3.05) is 7.11 Å². The summed E-state index contributed by atoms with van der Waals surface area (Å²) in [7, 11) is 1.44. The zero-order valence-corrected chi connectivity index (χ0v) is 18.0. The fraction of sp³-hybridized carbons (Fsp3) is 0.214. The number of benzene rings is 3. The average molecular weight is 410 g/mol. The number of hydrogen-bond donors (Lipinski definition) is 0. The van der Waals surface area contributed by atoms with Gasteiger partial charge in [0.1, 0.15) is 0 Å². The van der Waals surface area contributed by atoms with Gasteiger partial charge in [-0.15, -0.1) is 0 Å². The lowest BCUT2D eigenvalue weighted by molar-refractivity contribution is -0.142. The molecule has 0 amide bonds. The molecule has 2 atom stereocenters. The molecule has 156 valence electrons. The molecule has 0 aromatic heterocycles. The summed E-state index contributed by atoms with van der Waals surface area (Å²) < 4.78 is 5.22. The van der Waals surface area contributed by atoms with Crippen LogP contribution in [0.4, 0.5) is 0 Å². The number of allylic oxidation sites excluding steroid dienone is 1. The van der Waals surface area contributed by atoms with Gasteiger partial charge in [0.2, 0.25) is 0 Å². The van der Waals surface area contributed by atoms with Gasteiger partial charge in [-0.25, -0.2) is 4.79 Å². The molecule has 3 aromatic rings. The fourth-order valence-electron chi connectivity index (χ4n) is 4.03. The molecule has 0 spiro atoms. The topological polar surface area (TPSA) is 38.7 Å². The van der Waals surface area contributed by atoms with Gasteiger partial charge < -0.3 is 4.74 Å². The molecule has 0 heterocycles. The Kier molecular flexibility index (Phi) is 6.42. The van der Waals surface area contributed by atoms with Gasteiger partial charge in [0.15, 0.2) is 6.04 Å². The second kappa shape index (κ2) is 9.57. The van der Waals surface area contributed by atoms with Crippen LogP contribution in [0.5, 0.6) is 0 Å². The standard InChI is InChI=1S/C28H27NO2/c1-20(25(22-18-19-22)21-12-6-3-7-13-21)26(28(30)31-2)29-27(23-14-8-4-9-15-23)24-16-10-5-11-17-24/h3-17,20,26H,18-19H2,1-2H3. The average Bonchev–Trinajstić information content (AvgIpc) is 3.66. The van der Waals surface area contributed by atoms with Gasteiger partial charge in [0.05, 0.1) is 12.8 Å². The Hall–Kier alpha value is -3.46. The third-order valence-electron chi connectivity index (χ3n) is 5.70. The van der Waals surface area contributed by atoms with Crippen LogP contribution in [0.1, 0.15) is 36.5 Å². The molecular formula is C28H27NO2. The van der Waals surface area contributed by atoms with Gasteiger partial charge in [-0.2, -0.15) is 0 Å². The van der Waals surface area contributed by atoms with E-state index in [4.69, 9.17) is 9.73 Å². The van der Waals surface area contributed by atoms with E-state index in [0.717, 1.165) is 35.2 Å². The van der Waals surface area contributed by atoms with E-state index in [2.05, 4.69) is 19.1 Å². The van der Waals surface area contributed by atoms with E-state index in [-0.39, 0.29) is 11.9 Å². The summed E-state index contributed by atoms with van der Waals surface area (Å²) in [5, 5.41) is 0. The quantitative estimate of drug-likeness (QED) is 0.357. The summed E-state index contributed by atoms with van der Waals surface area (Å²) in [5.74, 6) is -0.415. The normalized spacial score (nSPS) is 14.3. The smallest absolute Gasteiger partial charge is 0.331 e. The Morgan fingerprint density at radius 1 is 0.774 bits per heavy atom. The zero-order chi connectivity index (χ0) is 21.6. The Bertz CT molecular complexity index is 1040. The first-order valence-corrected chi connectivity index (χ1v) is 10.7. The van der Waals surface area contributed by atoms with Gasteiger partial charge >= 0.3 is 5.97 Å². The number of carbonyl (C=O) groups is 1. The second-order valence-electron chi connectivity index (χ2n) is 7.85. The molecule has 0 aliphatic heterocycles.